The molecule has 0 unspecified atom stereocenters. The first-order chi connectivity index (χ1) is 8.72. The number of ether oxygens (including phenoxy) is 2. The molecule has 2 rings (SSSR count). The minimum atomic E-state index is 0.196. The maximum atomic E-state index is 9.62. The van der Waals surface area contributed by atoms with Crippen LogP contribution in [0.5, 0.6) is 23.1 Å². The second-order valence-corrected chi connectivity index (χ2v) is 3.74. The van der Waals surface area contributed by atoms with Gasteiger partial charge in [-0.05, 0) is 38.1 Å². The Morgan fingerprint density at radius 2 is 1.94 bits per heavy atom. The maximum absolute atomic E-state index is 9.62. The predicted molar refractivity (Wildman–Crippen MR) is 68.3 cm³/mol. The van der Waals surface area contributed by atoms with E-state index in [0.29, 0.717) is 29.5 Å². The number of hydrogen-bond donors (Lipinski definition) is 1. The van der Waals surface area contributed by atoms with E-state index >= 15 is 0 Å². The summed E-state index contributed by atoms with van der Waals surface area (Å²) in [6.07, 6.45) is 1.63. The zero-order valence-corrected chi connectivity index (χ0v) is 10.4. The molecule has 94 valence electrons. The Hall–Kier alpha value is -2.23. The lowest BCUT2D eigenvalue weighted by molar-refractivity contribution is 0.315. The fourth-order valence-corrected chi connectivity index (χ4v) is 1.54. The van der Waals surface area contributed by atoms with Crippen molar-refractivity contribution in [1.29, 1.82) is 0 Å². The molecule has 0 aliphatic carbocycles. The molecular formula is C14H15NO3. The molecule has 1 aromatic heterocycles. The average Bonchev–Trinajstić information content (AvgIpc) is 2.37. The molecule has 1 aromatic carbocycles. The van der Waals surface area contributed by atoms with E-state index in [4.69, 9.17) is 9.47 Å². The van der Waals surface area contributed by atoms with Gasteiger partial charge >= 0.3 is 0 Å². The minimum Gasteiger partial charge on any atom is -0.508 e. The molecule has 0 atom stereocenters. The lowest BCUT2D eigenvalue weighted by Crippen LogP contribution is -1.97. The third kappa shape index (κ3) is 2.53. The Bertz CT molecular complexity index is 540. The highest BCUT2D eigenvalue weighted by atomic mass is 16.5. The summed E-state index contributed by atoms with van der Waals surface area (Å²) >= 11 is 0. The van der Waals surface area contributed by atoms with Crippen LogP contribution in [-0.4, -0.2) is 16.7 Å². The van der Waals surface area contributed by atoms with Crippen LogP contribution >= 0.6 is 0 Å². The number of phenolic OH excluding ortho intramolecular Hbond substituents is 1. The van der Waals surface area contributed by atoms with Crippen molar-refractivity contribution in [2.45, 2.75) is 13.8 Å². The Kier molecular flexibility index (Phi) is 3.67. The first-order valence-electron chi connectivity index (χ1n) is 5.76. The van der Waals surface area contributed by atoms with Gasteiger partial charge in [-0.15, -0.1) is 0 Å². The largest absolute Gasteiger partial charge is 0.508 e. The number of phenols is 1. The smallest absolute Gasteiger partial charge is 0.262 e. The fourth-order valence-electron chi connectivity index (χ4n) is 1.54. The van der Waals surface area contributed by atoms with Crippen molar-refractivity contribution in [1.82, 2.24) is 4.98 Å². The van der Waals surface area contributed by atoms with Crippen molar-refractivity contribution in [3.8, 4) is 23.1 Å². The van der Waals surface area contributed by atoms with Crippen molar-refractivity contribution in [2.75, 3.05) is 6.61 Å². The van der Waals surface area contributed by atoms with E-state index in [1.165, 1.54) is 0 Å². The number of pyridine rings is 1. The standard InChI is InChI=1S/C14H15NO3/c1-3-17-13-8-5-9-15-14(13)18-12-7-4-6-11(16)10(12)2/h4-9,16H,3H2,1-2H3. The Balaban J connectivity index is 2.31. The molecule has 1 heterocycles. The number of aromatic nitrogens is 1. The van der Waals surface area contributed by atoms with Crippen LogP contribution in [0.2, 0.25) is 0 Å². The predicted octanol–water partition coefficient (Wildman–Crippen LogP) is 3.29. The van der Waals surface area contributed by atoms with Crippen LogP contribution < -0.4 is 9.47 Å². The molecule has 4 nitrogen and oxygen atoms in total. The quantitative estimate of drug-likeness (QED) is 0.898. The summed E-state index contributed by atoms with van der Waals surface area (Å²) in [5, 5.41) is 9.62. The molecule has 0 aliphatic heterocycles. The van der Waals surface area contributed by atoms with Gasteiger partial charge in [-0.3, -0.25) is 0 Å². The lowest BCUT2D eigenvalue weighted by Gasteiger charge is -2.12. The van der Waals surface area contributed by atoms with Gasteiger partial charge in [0.15, 0.2) is 5.75 Å². The molecule has 0 spiro atoms. The van der Waals surface area contributed by atoms with Gasteiger partial charge in [0.05, 0.1) is 6.61 Å². The van der Waals surface area contributed by atoms with Crippen molar-refractivity contribution in [2.24, 2.45) is 0 Å². The molecule has 2 aromatic rings. The summed E-state index contributed by atoms with van der Waals surface area (Å²) in [4.78, 5) is 4.13. The zero-order valence-electron chi connectivity index (χ0n) is 10.4. The van der Waals surface area contributed by atoms with Crippen molar-refractivity contribution < 1.29 is 14.6 Å². The molecule has 0 aliphatic rings. The Morgan fingerprint density at radius 1 is 1.17 bits per heavy atom. The molecule has 4 heteroatoms. The van der Waals surface area contributed by atoms with Crippen LogP contribution in [0.3, 0.4) is 0 Å². The molecule has 0 saturated heterocycles. The molecule has 0 saturated carbocycles. The molecule has 0 fully saturated rings. The van der Waals surface area contributed by atoms with Gasteiger partial charge in [-0.1, -0.05) is 6.07 Å². The number of hydrogen-bond acceptors (Lipinski definition) is 4. The van der Waals surface area contributed by atoms with Crippen molar-refractivity contribution in [3.05, 3.63) is 42.1 Å². The van der Waals surface area contributed by atoms with E-state index in [1.54, 1.807) is 43.5 Å². The summed E-state index contributed by atoms with van der Waals surface area (Å²) in [7, 11) is 0. The van der Waals surface area contributed by atoms with E-state index in [9.17, 15) is 5.11 Å². The van der Waals surface area contributed by atoms with E-state index < -0.39 is 0 Å². The van der Waals surface area contributed by atoms with Crippen molar-refractivity contribution >= 4 is 0 Å². The van der Waals surface area contributed by atoms with Crippen LogP contribution in [0, 0.1) is 6.92 Å². The van der Waals surface area contributed by atoms with E-state index in [0.717, 1.165) is 0 Å². The average molecular weight is 245 g/mol. The summed E-state index contributed by atoms with van der Waals surface area (Å²) < 4.78 is 11.1. The Morgan fingerprint density at radius 3 is 2.72 bits per heavy atom. The van der Waals surface area contributed by atoms with Crippen LogP contribution in [-0.2, 0) is 0 Å². The third-order valence-electron chi connectivity index (χ3n) is 2.50. The summed E-state index contributed by atoms with van der Waals surface area (Å²) in [6, 6.07) is 8.70. The van der Waals surface area contributed by atoms with E-state index in [2.05, 4.69) is 4.98 Å². The van der Waals surface area contributed by atoms with Crippen LogP contribution in [0.15, 0.2) is 36.5 Å². The number of rotatable bonds is 4. The molecule has 18 heavy (non-hydrogen) atoms. The van der Waals surface area contributed by atoms with Gasteiger partial charge in [0, 0.05) is 11.8 Å². The monoisotopic (exact) mass is 245 g/mol. The molecular weight excluding hydrogens is 230 g/mol. The number of aromatic hydroxyl groups is 1. The molecule has 1 N–H and O–H groups in total. The normalized spacial score (nSPS) is 10.1. The molecule has 0 radical (unpaired) electrons. The second kappa shape index (κ2) is 5.40. The van der Waals surface area contributed by atoms with Gasteiger partial charge in [0.1, 0.15) is 11.5 Å². The van der Waals surface area contributed by atoms with Crippen LogP contribution in [0.25, 0.3) is 0 Å². The highest BCUT2D eigenvalue weighted by Gasteiger charge is 2.10. The van der Waals surface area contributed by atoms with Gasteiger partial charge < -0.3 is 14.6 Å². The van der Waals surface area contributed by atoms with Crippen LogP contribution in [0.1, 0.15) is 12.5 Å². The first kappa shape index (κ1) is 12.2. The SMILES string of the molecule is CCOc1cccnc1Oc1cccc(O)c1C. The highest BCUT2D eigenvalue weighted by molar-refractivity contribution is 5.45. The summed E-state index contributed by atoms with van der Waals surface area (Å²) in [6.45, 7) is 4.23. The topological polar surface area (TPSA) is 51.6 Å². The zero-order chi connectivity index (χ0) is 13.0. The number of nitrogens with zero attached hydrogens (tertiary/aromatic N) is 1. The minimum absolute atomic E-state index is 0.196. The summed E-state index contributed by atoms with van der Waals surface area (Å²) in [5.41, 5.74) is 0.672. The first-order valence-corrected chi connectivity index (χ1v) is 5.76. The fraction of sp³-hybridized carbons (Fsp3) is 0.214. The molecule has 0 bridgehead atoms. The van der Waals surface area contributed by atoms with E-state index in [1.807, 2.05) is 6.92 Å². The summed E-state index contributed by atoms with van der Waals surface area (Å²) in [5.74, 6) is 1.74. The second-order valence-electron chi connectivity index (χ2n) is 3.74. The van der Waals surface area contributed by atoms with Crippen molar-refractivity contribution in [3.63, 3.8) is 0 Å². The number of benzene rings is 1. The maximum Gasteiger partial charge on any atom is 0.262 e. The van der Waals surface area contributed by atoms with Gasteiger partial charge in [0.2, 0.25) is 0 Å². The van der Waals surface area contributed by atoms with Gasteiger partial charge in [0.25, 0.3) is 5.88 Å². The van der Waals surface area contributed by atoms with Gasteiger partial charge in [-0.25, -0.2) is 4.98 Å². The van der Waals surface area contributed by atoms with E-state index in [-0.39, 0.29) is 5.75 Å². The van der Waals surface area contributed by atoms with Crippen LogP contribution in [0.4, 0.5) is 0 Å². The molecule has 0 amide bonds. The Labute approximate surface area is 106 Å². The lowest BCUT2D eigenvalue weighted by atomic mass is 10.2. The third-order valence-corrected chi connectivity index (χ3v) is 2.50. The van der Waals surface area contributed by atoms with Gasteiger partial charge in [-0.2, -0.15) is 0 Å². The highest BCUT2D eigenvalue weighted by Crippen LogP contribution is 2.33.